The van der Waals surface area contributed by atoms with E-state index in [9.17, 15) is 0 Å². The average molecular weight is 285 g/mol. The van der Waals surface area contributed by atoms with E-state index in [-0.39, 0.29) is 0 Å². The third-order valence-corrected chi connectivity index (χ3v) is 6.20. The van der Waals surface area contributed by atoms with Crippen LogP contribution >= 0.6 is 0 Å². The molecule has 0 amide bonds. The predicted octanol–water partition coefficient (Wildman–Crippen LogP) is 2.84. The van der Waals surface area contributed by atoms with Crippen LogP contribution in [-0.4, -0.2) is 45.3 Å². The smallest absolute Gasteiger partial charge is 0.251 e. The van der Waals surface area contributed by atoms with Gasteiger partial charge in [-0.25, -0.2) is 9.68 Å². The molecule has 0 atom stereocenters. The molecule has 0 saturated heterocycles. The fourth-order valence-corrected chi connectivity index (χ4v) is 5.00. The van der Waals surface area contributed by atoms with E-state index in [0.29, 0.717) is 0 Å². The van der Waals surface area contributed by atoms with Crippen molar-refractivity contribution in [1.29, 1.82) is 0 Å². The second-order valence-electron chi connectivity index (χ2n) is 6.20. The van der Waals surface area contributed by atoms with Gasteiger partial charge in [-0.3, -0.25) is 0 Å². The van der Waals surface area contributed by atoms with Gasteiger partial charge in [-0.05, 0) is 25.7 Å². The van der Waals surface area contributed by atoms with Crippen LogP contribution < -0.4 is 0 Å². The molecule has 2 aliphatic carbocycles. The molecule has 4 heteroatoms. The summed E-state index contributed by atoms with van der Waals surface area (Å²) in [6.07, 6.45) is 14.2. The van der Waals surface area contributed by atoms with Crippen LogP contribution in [-0.2, 0) is 4.43 Å². The van der Waals surface area contributed by atoms with Gasteiger partial charge in [0.2, 0.25) is 0 Å². The van der Waals surface area contributed by atoms with Gasteiger partial charge in [-0.2, -0.15) is 0 Å². The molecular weight excluding hydrogens is 252 g/mol. The van der Waals surface area contributed by atoms with Gasteiger partial charge in [0, 0.05) is 25.7 Å². The van der Waals surface area contributed by atoms with Crippen molar-refractivity contribution in [2.45, 2.75) is 83.2 Å². The van der Waals surface area contributed by atoms with E-state index in [2.05, 4.69) is 16.6 Å². The van der Waals surface area contributed by atoms with Crippen molar-refractivity contribution in [2.75, 3.05) is 13.7 Å². The highest BCUT2D eigenvalue weighted by molar-refractivity contribution is 6.22. The van der Waals surface area contributed by atoms with Crippen LogP contribution in [0.15, 0.2) is 0 Å². The molecule has 2 saturated carbocycles. The number of nitrogens with zero attached hydrogens (tertiary/aromatic N) is 2. The highest BCUT2D eigenvalue weighted by Gasteiger charge is 2.32. The first-order valence-electron chi connectivity index (χ1n) is 8.39. The summed E-state index contributed by atoms with van der Waals surface area (Å²) in [5.41, 5.74) is 0. The van der Waals surface area contributed by atoms with Gasteiger partial charge in [0.1, 0.15) is 0 Å². The van der Waals surface area contributed by atoms with Gasteiger partial charge in [0.15, 0.2) is 0 Å². The van der Waals surface area contributed by atoms with Gasteiger partial charge in [0.25, 0.3) is 9.92 Å². The molecule has 0 bridgehead atoms. The molecule has 0 spiro atoms. The first-order valence-corrected chi connectivity index (χ1v) is 9.60. The minimum Gasteiger partial charge on any atom is -0.410 e. The molecule has 112 valence electrons. The molecular formula is C15H32N2OSi. The van der Waals surface area contributed by atoms with E-state index in [1.54, 1.807) is 0 Å². The molecule has 0 aromatic heterocycles. The van der Waals surface area contributed by atoms with Crippen molar-refractivity contribution in [3.63, 3.8) is 0 Å². The molecule has 2 aliphatic rings. The quantitative estimate of drug-likeness (QED) is 0.551. The molecule has 0 aromatic carbocycles. The van der Waals surface area contributed by atoms with Crippen LogP contribution in [0, 0.1) is 0 Å². The second kappa shape index (κ2) is 8.40. The Labute approximate surface area is 121 Å². The number of hydrogen-bond donors (Lipinski definition) is 0. The minimum atomic E-state index is -0.543. The van der Waals surface area contributed by atoms with Crippen LogP contribution in [0.25, 0.3) is 0 Å². The Morgan fingerprint density at radius 3 is 1.74 bits per heavy atom. The van der Waals surface area contributed by atoms with Gasteiger partial charge >= 0.3 is 0 Å². The van der Waals surface area contributed by atoms with Crippen LogP contribution in [0.3, 0.4) is 0 Å². The lowest BCUT2D eigenvalue weighted by molar-refractivity contribution is -0.0611. The molecule has 0 aliphatic heterocycles. The van der Waals surface area contributed by atoms with Crippen molar-refractivity contribution in [2.24, 2.45) is 0 Å². The minimum absolute atomic E-state index is 0.543. The van der Waals surface area contributed by atoms with Gasteiger partial charge in [-0.1, -0.05) is 45.4 Å². The topological polar surface area (TPSA) is 15.7 Å². The maximum Gasteiger partial charge on any atom is 0.251 e. The molecule has 3 nitrogen and oxygen atoms in total. The average Bonchev–Trinajstić information content (AvgIpc) is 2.49. The Bertz CT molecular complexity index is 216. The summed E-state index contributed by atoms with van der Waals surface area (Å²) in [4.78, 5) is 0. The maximum atomic E-state index is 5.58. The Hall–Kier alpha value is 0.0969. The van der Waals surface area contributed by atoms with Crippen LogP contribution in [0.1, 0.15) is 71.1 Å². The van der Waals surface area contributed by atoms with E-state index in [0.717, 1.165) is 18.6 Å². The number of hydrogen-bond acceptors (Lipinski definition) is 3. The summed E-state index contributed by atoms with van der Waals surface area (Å²) in [5.74, 6) is 0. The molecule has 0 unspecified atom stereocenters. The molecule has 0 heterocycles. The number of hydrazine groups is 1. The Kier molecular flexibility index (Phi) is 6.84. The third-order valence-electron chi connectivity index (χ3n) is 4.87. The van der Waals surface area contributed by atoms with Gasteiger partial charge < -0.3 is 4.43 Å². The van der Waals surface area contributed by atoms with Crippen molar-refractivity contribution in [3.8, 4) is 0 Å². The van der Waals surface area contributed by atoms with Crippen molar-refractivity contribution in [1.82, 2.24) is 9.68 Å². The fraction of sp³-hybridized carbons (Fsp3) is 1.00. The summed E-state index contributed by atoms with van der Waals surface area (Å²) in [7, 11) is 1.34. The fourth-order valence-electron chi connectivity index (χ4n) is 3.92. The van der Waals surface area contributed by atoms with Crippen molar-refractivity contribution < 1.29 is 4.43 Å². The van der Waals surface area contributed by atoms with E-state index in [4.69, 9.17) is 4.43 Å². The molecule has 2 fully saturated rings. The number of rotatable bonds is 6. The van der Waals surface area contributed by atoms with Crippen LogP contribution in [0.5, 0.6) is 0 Å². The van der Waals surface area contributed by atoms with E-state index < -0.39 is 9.92 Å². The molecule has 0 radical (unpaired) electrons. The first kappa shape index (κ1) is 15.5. The van der Waals surface area contributed by atoms with Crippen LogP contribution in [0.2, 0.25) is 0 Å². The lowest BCUT2D eigenvalue weighted by Crippen LogP contribution is -2.56. The molecule has 0 N–H and O–H groups in total. The summed E-state index contributed by atoms with van der Waals surface area (Å²) < 4.78 is 8.18. The highest BCUT2D eigenvalue weighted by Crippen LogP contribution is 2.31. The summed E-state index contributed by atoms with van der Waals surface area (Å²) in [6, 6.07) is 1.61. The third kappa shape index (κ3) is 4.28. The van der Waals surface area contributed by atoms with E-state index >= 15 is 0 Å². The normalized spacial score (nSPS) is 24.0. The zero-order chi connectivity index (χ0) is 13.5. The van der Waals surface area contributed by atoms with Gasteiger partial charge in [0.05, 0.1) is 0 Å². The molecule has 19 heavy (non-hydrogen) atoms. The molecule has 2 rings (SSSR count). The van der Waals surface area contributed by atoms with Crippen molar-refractivity contribution >= 4 is 9.92 Å². The second-order valence-corrected chi connectivity index (χ2v) is 7.77. The Morgan fingerprint density at radius 1 is 0.895 bits per heavy atom. The van der Waals surface area contributed by atoms with Gasteiger partial charge in [-0.15, -0.1) is 0 Å². The first-order chi connectivity index (χ1) is 9.36. The summed E-state index contributed by atoms with van der Waals surface area (Å²) in [5, 5.41) is 2.80. The predicted molar refractivity (Wildman–Crippen MR) is 83.5 cm³/mol. The standard InChI is InChI=1S/C15H32N2OSi/c1-3-16(19-18-2)17(14-10-6-4-7-11-14)15-12-8-5-9-13-15/h14-15H,3-13,19H2,1-2H3. The maximum absolute atomic E-state index is 5.58. The van der Waals surface area contributed by atoms with Crippen molar-refractivity contribution in [3.05, 3.63) is 0 Å². The summed E-state index contributed by atoms with van der Waals surface area (Å²) >= 11 is 0. The highest BCUT2D eigenvalue weighted by atomic mass is 28.2. The Balaban J connectivity index is 2.05. The SMILES string of the molecule is CCN([SiH2]OC)N(C1CCCCC1)C1CCCCC1. The lowest BCUT2D eigenvalue weighted by Gasteiger charge is -2.47. The largest absolute Gasteiger partial charge is 0.410 e. The van der Waals surface area contributed by atoms with Crippen LogP contribution in [0.4, 0.5) is 0 Å². The van der Waals surface area contributed by atoms with E-state index in [1.165, 1.54) is 64.2 Å². The monoisotopic (exact) mass is 284 g/mol. The Morgan fingerprint density at radius 2 is 1.37 bits per heavy atom. The lowest BCUT2D eigenvalue weighted by atomic mass is 9.90. The molecule has 0 aromatic rings. The zero-order valence-electron chi connectivity index (χ0n) is 12.9. The van der Waals surface area contributed by atoms with E-state index in [1.807, 2.05) is 7.11 Å². The summed E-state index contributed by atoms with van der Waals surface area (Å²) in [6.45, 7) is 3.43. The zero-order valence-corrected chi connectivity index (χ0v) is 14.4.